The average Bonchev–Trinajstić information content (AvgIpc) is 2.40. The lowest BCUT2D eigenvalue weighted by atomic mass is 11.2. The van der Waals surface area contributed by atoms with Gasteiger partial charge in [-0.1, -0.05) is 23.1 Å². The molecule has 1 rings (SSSR count). The molecule has 0 saturated heterocycles. The Morgan fingerprint density at radius 1 is 1.90 bits per heavy atom. The molecule has 1 aromatic heterocycles. The molecule has 0 amide bonds. The van der Waals surface area contributed by atoms with Crippen molar-refractivity contribution in [3.05, 3.63) is 5.51 Å². The molecule has 0 bridgehead atoms. The summed E-state index contributed by atoms with van der Waals surface area (Å²) < 4.78 is 0. The molecule has 0 saturated carbocycles. The van der Waals surface area contributed by atoms with Crippen molar-refractivity contribution in [1.29, 1.82) is 0 Å². The van der Waals surface area contributed by atoms with Crippen molar-refractivity contribution in [2.24, 2.45) is 10.7 Å². The third-order valence-corrected chi connectivity index (χ3v) is 1.86. The number of hydrogen-bond acceptors (Lipinski definition) is 5. The lowest BCUT2D eigenvalue weighted by Crippen LogP contribution is -2.03. The number of nitrogens with zero attached hydrogens (tertiary/aromatic N) is 3. The molecule has 1 aromatic rings. The van der Waals surface area contributed by atoms with Crippen LogP contribution in [0.5, 0.6) is 0 Å². The Morgan fingerprint density at radius 2 is 2.70 bits per heavy atom. The van der Waals surface area contributed by atoms with Crippen LogP contribution in [0, 0.1) is 0 Å². The summed E-state index contributed by atoms with van der Waals surface area (Å²) in [4.78, 5) is 3.94. The molecular formula is C4H6N4S2. The van der Waals surface area contributed by atoms with E-state index < -0.39 is 0 Å². The largest absolute Gasteiger partial charge is 0.378 e. The van der Waals surface area contributed by atoms with Gasteiger partial charge < -0.3 is 5.73 Å². The van der Waals surface area contributed by atoms with Crippen molar-refractivity contribution >= 4 is 33.4 Å². The Kier molecular flexibility index (Phi) is 2.64. The van der Waals surface area contributed by atoms with Gasteiger partial charge in [0.25, 0.3) is 0 Å². The first-order chi connectivity index (χ1) is 4.83. The third-order valence-electron chi connectivity index (χ3n) is 0.764. The van der Waals surface area contributed by atoms with E-state index in [1.54, 1.807) is 5.51 Å². The van der Waals surface area contributed by atoms with Gasteiger partial charge in [0.05, 0.1) is 0 Å². The highest BCUT2D eigenvalue weighted by atomic mass is 32.2. The second-order valence-electron chi connectivity index (χ2n) is 1.38. The number of amidine groups is 1. The van der Waals surface area contributed by atoms with Crippen molar-refractivity contribution in [3.8, 4) is 0 Å². The fraction of sp³-hybridized carbons (Fsp3) is 0.250. The highest BCUT2D eigenvalue weighted by Crippen LogP contribution is 2.13. The summed E-state index contributed by atoms with van der Waals surface area (Å²) in [5.74, 6) is 0. The number of thioether (sulfide) groups is 1. The first-order valence-electron chi connectivity index (χ1n) is 2.47. The van der Waals surface area contributed by atoms with E-state index in [0.29, 0.717) is 10.3 Å². The minimum Gasteiger partial charge on any atom is -0.378 e. The van der Waals surface area contributed by atoms with Crippen LogP contribution in [-0.4, -0.2) is 21.6 Å². The van der Waals surface area contributed by atoms with Gasteiger partial charge in [0.1, 0.15) is 5.51 Å². The maximum Gasteiger partial charge on any atom is 0.233 e. The van der Waals surface area contributed by atoms with Crippen LogP contribution in [0.4, 0.5) is 5.13 Å². The summed E-state index contributed by atoms with van der Waals surface area (Å²) in [6.07, 6.45) is 1.86. The second-order valence-corrected chi connectivity index (χ2v) is 3.01. The first-order valence-corrected chi connectivity index (χ1v) is 4.57. The Morgan fingerprint density at radius 3 is 3.20 bits per heavy atom. The molecule has 0 aliphatic heterocycles. The topological polar surface area (TPSA) is 64.2 Å². The number of nitrogens with two attached hydrogens (primary N) is 1. The van der Waals surface area contributed by atoms with Gasteiger partial charge in [-0.05, 0) is 6.26 Å². The highest BCUT2D eigenvalue weighted by molar-refractivity contribution is 8.13. The van der Waals surface area contributed by atoms with Gasteiger partial charge >= 0.3 is 0 Å². The van der Waals surface area contributed by atoms with Crippen molar-refractivity contribution in [2.75, 3.05) is 6.26 Å². The van der Waals surface area contributed by atoms with Crippen molar-refractivity contribution in [3.63, 3.8) is 0 Å². The molecule has 0 atom stereocenters. The molecule has 54 valence electrons. The van der Waals surface area contributed by atoms with E-state index in [2.05, 4.69) is 15.2 Å². The van der Waals surface area contributed by atoms with Crippen LogP contribution in [0.1, 0.15) is 0 Å². The quantitative estimate of drug-likeness (QED) is 0.506. The molecular weight excluding hydrogens is 168 g/mol. The average molecular weight is 174 g/mol. The number of rotatable bonds is 1. The summed E-state index contributed by atoms with van der Waals surface area (Å²) >= 11 is 2.75. The fourth-order valence-electron chi connectivity index (χ4n) is 0.356. The molecule has 6 heteroatoms. The van der Waals surface area contributed by atoms with Gasteiger partial charge in [-0.15, -0.1) is 10.2 Å². The minimum atomic E-state index is 0.511. The van der Waals surface area contributed by atoms with E-state index in [1.807, 2.05) is 6.26 Å². The maximum absolute atomic E-state index is 5.42. The van der Waals surface area contributed by atoms with Gasteiger partial charge in [-0.2, -0.15) is 4.99 Å². The summed E-state index contributed by atoms with van der Waals surface area (Å²) in [5, 5.41) is 8.41. The second kappa shape index (κ2) is 3.52. The molecule has 0 aliphatic rings. The van der Waals surface area contributed by atoms with E-state index in [0.717, 1.165) is 0 Å². The van der Waals surface area contributed by atoms with Gasteiger partial charge in [0.2, 0.25) is 5.13 Å². The van der Waals surface area contributed by atoms with E-state index in [-0.39, 0.29) is 0 Å². The number of hydrogen-bond donors (Lipinski definition) is 1. The van der Waals surface area contributed by atoms with Gasteiger partial charge in [-0.25, -0.2) is 0 Å². The predicted octanol–water partition coefficient (Wildman–Crippen LogP) is 0.847. The molecule has 4 nitrogen and oxygen atoms in total. The molecule has 0 fully saturated rings. The monoisotopic (exact) mass is 174 g/mol. The van der Waals surface area contributed by atoms with Crippen LogP contribution >= 0.6 is 23.1 Å². The molecule has 0 aliphatic carbocycles. The summed E-state index contributed by atoms with van der Waals surface area (Å²) in [6.45, 7) is 0. The van der Waals surface area contributed by atoms with Gasteiger partial charge in [0.15, 0.2) is 5.17 Å². The lowest BCUT2D eigenvalue weighted by molar-refractivity contribution is 1.08. The zero-order valence-electron chi connectivity index (χ0n) is 5.31. The Hall–Kier alpha value is -0.620. The summed E-state index contributed by atoms with van der Waals surface area (Å²) in [7, 11) is 0. The summed E-state index contributed by atoms with van der Waals surface area (Å²) in [5.41, 5.74) is 7.03. The van der Waals surface area contributed by atoms with E-state index >= 15 is 0 Å². The third kappa shape index (κ3) is 1.96. The van der Waals surface area contributed by atoms with E-state index in [4.69, 9.17) is 5.73 Å². The standard InChI is InChI=1S/C4H6N4S2/c1-9-3(5)7-4-8-6-2-10-4/h2H,1H3,(H2,5,7,8). The van der Waals surface area contributed by atoms with Gasteiger partial charge in [-0.3, -0.25) is 0 Å². The number of aromatic nitrogens is 2. The zero-order chi connectivity index (χ0) is 7.40. The van der Waals surface area contributed by atoms with Crippen LogP contribution in [0.25, 0.3) is 0 Å². The molecule has 0 unspecified atom stereocenters. The van der Waals surface area contributed by atoms with Crippen LogP contribution in [0.15, 0.2) is 10.5 Å². The highest BCUT2D eigenvalue weighted by Gasteiger charge is 1.92. The van der Waals surface area contributed by atoms with Crippen LogP contribution in [0.3, 0.4) is 0 Å². The molecule has 1 heterocycles. The molecule has 0 spiro atoms. The Labute approximate surface area is 66.6 Å². The normalized spacial score (nSPS) is 11.9. The van der Waals surface area contributed by atoms with Crippen LogP contribution in [0.2, 0.25) is 0 Å². The van der Waals surface area contributed by atoms with Crippen LogP contribution < -0.4 is 5.73 Å². The predicted molar refractivity (Wildman–Crippen MR) is 44.7 cm³/mol. The Bertz CT molecular complexity index is 217. The molecule has 10 heavy (non-hydrogen) atoms. The Balaban J connectivity index is 2.71. The zero-order valence-corrected chi connectivity index (χ0v) is 6.95. The van der Waals surface area contributed by atoms with Crippen molar-refractivity contribution in [1.82, 2.24) is 10.2 Å². The first kappa shape index (κ1) is 7.49. The van der Waals surface area contributed by atoms with Crippen molar-refractivity contribution in [2.45, 2.75) is 0 Å². The number of aliphatic imine (C=N–C) groups is 1. The fourth-order valence-corrected chi connectivity index (χ4v) is 1.03. The lowest BCUT2D eigenvalue weighted by Gasteiger charge is -1.88. The molecule has 2 N–H and O–H groups in total. The van der Waals surface area contributed by atoms with E-state index in [9.17, 15) is 0 Å². The summed E-state index contributed by atoms with van der Waals surface area (Å²) in [6, 6.07) is 0. The maximum atomic E-state index is 5.42. The van der Waals surface area contributed by atoms with Crippen molar-refractivity contribution < 1.29 is 0 Å². The van der Waals surface area contributed by atoms with E-state index in [1.165, 1.54) is 23.1 Å². The SMILES string of the molecule is CSC(N)=Nc1nncs1. The molecule has 0 radical (unpaired) electrons. The smallest absolute Gasteiger partial charge is 0.233 e. The van der Waals surface area contributed by atoms with Crippen LogP contribution in [-0.2, 0) is 0 Å². The molecule has 0 aromatic carbocycles. The van der Waals surface area contributed by atoms with Gasteiger partial charge in [0, 0.05) is 0 Å². The minimum absolute atomic E-state index is 0.511.